The zero-order valence-electron chi connectivity index (χ0n) is 20.8. The van der Waals surface area contributed by atoms with E-state index in [1.165, 1.54) is 33.4 Å². The van der Waals surface area contributed by atoms with Crippen LogP contribution in [-0.4, -0.2) is 64.7 Å². The normalized spacial score (nSPS) is 18.1. The van der Waals surface area contributed by atoms with E-state index in [1.807, 2.05) is 0 Å². The first-order valence-corrected chi connectivity index (χ1v) is 14.9. The van der Waals surface area contributed by atoms with Crippen LogP contribution in [0.3, 0.4) is 0 Å². The average molecular weight is 614 g/mol. The van der Waals surface area contributed by atoms with Gasteiger partial charge in [-0.05, 0) is 66.1 Å². The van der Waals surface area contributed by atoms with Gasteiger partial charge in [-0.1, -0.05) is 23.7 Å². The van der Waals surface area contributed by atoms with Gasteiger partial charge in [-0.25, -0.2) is 4.72 Å². The van der Waals surface area contributed by atoms with Gasteiger partial charge in [-0.3, -0.25) is 19.2 Å². The van der Waals surface area contributed by atoms with Gasteiger partial charge in [0, 0.05) is 36.6 Å². The number of nitrogens with one attached hydrogen (secondary N) is 1. The zero-order chi connectivity index (χ0) is 28.7. The molecule has 0 spiro atoms. The molecule has 15 heteroatoms. The highest BCUT2D eigenvalue weighted by atomic mass is 35.5. The Morgan fingerprint density at radius 2 is 1.85 bits per heavy atom. The number of hydrogen-bond donors (Lipinski definition) is 1. The van der Waals surface area contributed by atoms with Crippen LogP contribution < -0.4 is 4.72 Å². The number of benzene rings is 2. The number of aromatic nitrogens is 2. The molecular formula is C25H23ClF3N5O4S2. The fourth-order valence-electron chi connectivity index (χ4n) is 4.58. The molecule has 212 valence electrons. The Hall–Kier alpha value is -2.91. The topological polar surface area (TPSA) is 105 Å². The quantitative estimate of drug-likeness (QED) is 0.369. The van der Waals surface area contributed by atoms with E-state index in [0.717, 1.165) is 35.6 Å². The van der Waals surface area contributed by atoms with Crippen molar-refractivity contribution in [2.75, 3.05) is 26.2 Å². The molecule has 2 aliphatic heterocycles. The Kier molecular flexibility index (Phi) is 7.99. The third kappa shape index (κ3) is 6.05. The van der Waals surface area contributed by atoms with E-state index in [-0.39, 0.29) is 35.1 Å². The molecule has 0 radical (unpaired) electrons. The van der Waals surface area contributed by atoms with Crippen LogP contribution >= 0.6 is 23.4 Å². The highest BCUT2D eigenvalue weighted by Crippen LogP contribution is 2.35. The second-order valence-electron chi connectivity index (χ2n) is 9.26. The van der Waals surface area contributed by atoms with Crippen molar-refractivity contribution in [3.63, 3.8) is 0 Å². The maximum Gasteiger partial charge on any atom is 0.416 e. The predicted octanol–water partition coefficient (Wildman–Crippen LogP) is 4.72. The number of fused-ring (bicyclic) bond motifs is 1. The van der Waals surface area contributed by atoms with E-state index in [4.69, 9.17) is 11.6 Å². The molecule has 3 heterocycles. The van der Waals surface area contributed by atoms with Crippen molar-refractivity contribution in [2.45, 2.75) is 25.6 Å². The molecule has 2 fully saturated rings. The van der Waals surface area contributed by atoms with E-state index < -0.39 is 33.1 Å². The second kappa shape index (κ2) is 11.2. The second-order valence-corrected chi connectivity index (χ2v) is 12.4. The van der Waals surface area contributed by atoms with Gasteiger partial charge in [0.1, 0.15) is 0 Å². The van der Waals surface area contributed by atoms with Gasteiger partial charge in [0.2, 0.25) is 0 Å². The molecule has 0 aliphatic carbocycles. The van der Waals surface area contributed by atoms with Crippen LogP contribution in [0.25, 0.3) is 17.0 Å². The number of halogens is 4. The predicted molar refractivity (Wildman–Crippen MR) is 146 cm³/mol. The summed E-state index contributed by atoms with van der Waals surface area (Å²) in [4.78, 5) is 26.5. The number of nitrogens with zero attached hydrogens (tertiary/aromatic N) is 4. The van der Waals surface area contributed by atoms with Crippen LogP contribution in [0.15, 0.2) is 47.5 Å². The molecule has 3 aromatic rings. The summed E-state index contributed by atoms with van der Waals surface area (Å²) in [6.07, 6.45) is 0.0636. The van der Waals surface area contributed by atoms with Crippen molar-refractivity contribution in [3.8, 4) is 0 Å². The lowest BCUT2D eigenvalue weighted by Gasteiger charge is -2.17. The molecule has 0 unspecified atom stereocenters. The number of amides is 2. The molecule has 1 N–H and O–H groups in total. The zero-order valence-corrected chi connectivity index (χ0v) is 23.2. The third-order valence-corrected chi connectivity index (χ3v) is 9.32. The molecule has 5 rings (SSSR count). The van der Waals surface area contributed by atoms with Crippen molar-refractivity contribution >= 4 is 61.7 Å². The van der Waals surface area contributed by atoms with Gasteiger partial charge in [-0.2, -0.15) is 31.0 Å². The number of rotatable bonds is 8. The Morgan fingerprint density at radius 3 is 2.58 bits per heavy atom. The molecule has 2 aliphatic rings. The van der Waals surface area contributed by atoms with Crippen LogP contribution in [0.2, 0.25) is 5.02 Å². The molecule has 2 amide bonds. The summed E-state index contributed by atoms with van der Waals surface area (Å²) in [5, 5.41) is 4.34. The minimum absolute atomic E-state index is 0.0150. The van der Waals surface area contributed by atoms with Crippen LogP contribution in [-0.2, 0) is 27.7 Å². The van der Waals surface area contributed by atoms with Gasteiger partial charge in [0.05, 0.1) is 28.7 Å². The molecule has 0 atom stereocenters. The van der Waals surface area contributed by atoms with Gasteiger partial charge < -0.3 is 0 Å². The Balaban J connectivity index is 1.28. The number of thioether (sulfide) groups is 1. The largest absolute Gasteiger partial charge is 0.416 e. The Morgan fingerprint density at radius 1 is 1.10 bits per heavy atom. The first kappa shape index (κ1) is 28.6. The molecule has 1 aromatic heterocycles. The van der Waals surface area contributed by atoms with Crippen molar-refractivity contribution in [1.82, 2.24) is 23.7 Å². The number of hydrogen-bond acceptors (Lipinski definition) is 6. The average Bonchev–Trinajstić information content (AvgIpc) is 3.62. The van der Waals surface area contributed by atoms with E-state index in [9.17, 15) is 31.2 Å². The monoisotopic (exact) mass is 613 g/mol. The number of imide groups is 1. The van der Waals surface area contributed by atoms with E-state index in [2.05, 4.69) is 9.82 Å². The van der Waals surface area contributed by atoms with Crippen molar-refractivity contribution in [3.05, 3.63) is 69.2 Å². The van der Waals surface area contributed by atoms with E-state index >= 15 is 0 Å². The van der Waals surface area contributed by atoms with Gasteiger partial charge in [0.25, 0.3) is 21.4 Å². The summed E-state index contributed by atoms with van der Waals surface area (Å²) in [6, 6.07) is 8.66. The Labute approximate surface area is 237 Å². The molecule has 9 nitrogen and oxygen atoms in total. The molecule has 0 saturated carbocycles. The van der Waals surface area contributed by atoms with Crippen molar-refractivity contribution in [1.29, 1.82) is 0 Å². The van der Waals surface area contributed by atoms with Gasteiger partial charge >= 0.3 is 6.18 Å². The molecule has 2 aromatic carbocycles. The molecule has 40 heavy (non-hydrogen) atoms. The first-order valence-electron chi connectivity index (χ1n) is 12.2. The lowest BCUT2D eigenvalue weighted by atomic mass is 10.1. The fraction of sp³-hybridized carbons (Fsp3) is 0.320. The maximum atomic E-state index is 13.5. The maximum absolute atomic E-state index is 13.5. The van der Waals surface area contributed by atoms with Crippen molar-refractivity contribution in [2.24, 2.45) is 0 Å². The highest BCUT2D eigenvalue weighted by Gasteiger charge is 2.36. The third-order valence-electron chi connectivity index (χ3n) is 6.56. The number of alkyl halides is 3. The summed E-state index contributed by atoms with van der Waals surface area (Å²) in [6.45, 7) is 0.553. The summed E-state index contributed by atoms with van der Waals surface area (Å²) in [5.74, 6) is -0.534. The summed E-state index contributed by atoms with van der Waals surface area (Å²) < 4.78 is 70.3. The number of carbonyl (C=O) groups is 2. The smallest absolute Gasteiger partial charge is 0.268 e. The summed E-state index contributed by atoms with van der Waals surface area (Å²) in [5.41, 5.74) is 0.357. The van der Waals surface area contributed by atoms with Crippen LogP contribution in [0, 0.1) is 0 Å². The summed E-state index contributed by atoms with van der Waals surface area (Å²) >= 11 is 6.53. The van der Waals surface area contributed by atoms with E-state index in [0.29, 0.717) is 29.6 Å². The molecule has 0 bridgehead atoms. The highest BCUT2D eigenvalue weighted by molar-refractivity contribution is 8.18. The number of carbonyl (C=O) groups excluding carboxylic acids is 2. The minimum Gasteiger partial charge on any atom is -0.268 e. The molecule has 2 saturated heterocycles. The fourth-order valence-corrected chi connectivity index (χ4v) is 6.89. The van der Waals surface area contributed by atoms with Gasteiger partial charge in [-0.15, -0.1) is 0 Å². The van der Waals surface area contributed by atoms with Crippen LogP contribution in [0.5, 0.6) is 0 Å². The van der Waals surface area contributed by atoms with Gasteiger partial charge in [0.15, 0.2) is 0 Å². The summed E-state index contributed by atoms with van der Waals surface area (Å²) in [7, 11) is -3.66. The minimum atomic E-state index is -4.57. The molecular weight excluding hydrogens is 591 g/mol. The van der Waals surface area contributed by atoms with Crippen LogP contribution in [0.4, 0.5) is 18.0 Å². The standard InChI is InChI=1S/C25H23ClF3N5O4S2/c26-19-5-4-17(20(13-19)25(27,28)29)15-34-21-6-3-16(11-18(21)14-30-34)12-22-23(35)33(24(36)39-22)10-7-31-40(37,38)32-8-1-2-9-32/h3-6,11-14,31H,1-2,7-10,15H2. The lowest BCUT2D eigenvalue weighted by molar-refractivity contribution is -0.138. The van der Waals surface area contributed by atoms with Crippen LogP contribution in [0.1, 0.15) is 29.5 Å². The van der Waals surface area contributed by atoms with E-state index in [1.54, 1.807) is 18.2 Å². The Bertz CT molecular complexity index is 1620. The van der Waals surface area contributed by atoms with Crippen molar-refractivity contribution < 1.29 is 31.2 Å². The lowest BCUT2D eigenvalue weighted by Crippen LogP contribution is -2.43. The SMILES string of the molecule is O=C1SC(=Cc2ccc3c(cnn3Cc3ccc(Cl)cc3C(F)(F)F)c2)C(=O)N1CCNS(=O)(=O)N1CCCC1. The first-order chi connectivity index (χ1) is 18.9.